The van der Waals surface area contributed by atoms with Crippen LogP contribution in [0.25, 0.3) is 10.8 Å². The van der Waals surface area contributed by atoms with Crippen LogP contribution < -0.4 is 5.32 Å². The Morgan fingerprint density at radius 3 is 2.50 bits per heavy atom. The number of carboxylic acid groups (broad SMARTS) is 1. The van der Waals surface area contributed by atoms with Gasteiger partial charge < -0.3 is 15.3 Å². The molecule has 0 radical (unpaired) electrons. The first-order chi connectivity index (χ1) is 9.49. The van der Waals surface area contributed by atoms with Crippen LogP contribution in [0, 0.1) is 0 Å². The number of hydrogen-bond donors (Lipinski definition) is 2. The molecular formula is C14H13BrN2O3. The number of amides is 2. The zero-order valence-corrected chi connectivity index (χ0v) is 12.3. The van der Waals surface area contributed by atoms with Crippen molar-refractivity contribution in [3.63, 3.8) is 0 Å². The van der Waals surface area contributed by atoms with E-state index in [0.29, 0.717) is 5.69 Å². The first-order valence-electron chi connectivity index (χ1n) is 5.90. The molecule has 0 saturated heterocycles. The van der Waals surface area contributed by atoms with Crippen LogP contribution in [-0.2, 0) is 4.79 Å². The third-order valence-corrected chi connectivity index (χ3v) is 3.52. The van der Waals surface area contributed by atoms with Gasteiger partial charge in [-0.15, -0.1) is 0 Å². The van der Waals surface area contributed by atoms with Gasteiger partial charge in [-0.2, -0.15) is 0 Å². The summed E-state index contributed by atoms with van der Waals surface area (Å²) in [4.78, 5) is 23.6. The quantitative estimate of drug-likeness (QED) is 0.904. The van der Waals surface area contributed by atoms with E-state index in [0.717, 1.165) is 20.1 Å². The number of halogens is 1. The van der Waals surface area contributed by atoms with E-state index in [2.05, 4.69) is 21.2 Å². The number of benzene rings is 2. The van der Waals surface area contributed by atoms with Crippen molar-refractivity contribution in [3.05, 3.63) is 40.9 Å². The van der Waals surface area contributed by atoms with Crippen LogP contribution in [0.5, 0.6) is 0 Å². The van der Waals surface area contributed by atoms with E-state index in [1.807, 2.05) is 30.3 Å². The number of carboxylic acids is 1. The molecular weight excluding hydrogens is 324 g/mol. The molecule has 2 rings (SSSR count). The van der Waals surface area contributed by atoms with Crippen molar-refractivity contribution in [2.24, 2.45) is 0 Å². The second-order valence-corrected chi connectivity index (χ2v) is 5.17. The van der Waals surface area contributed by atoms with Gasteiger partial charge in [0.25, 0.3) is 0 Å². The molecule has 20 heavy (non-hydrogen) atoms. The van der Waals surface area contributed by atoms with Crippen LogP contribution in [0.4, 0.5) is 10.5 Å². The number of hydrogen-bond acceptors (Lipinski definition) is 2. The van der Waals surface area contributed by atoms with E-state index in [4.69, 9.17) is 5.11 Å². The predicted molar refractivity (Wildman–Crippen MR) is 80.9 cm³/mol. The van der Waals surface area contributed by atoms with Crippen LogP contribution in [0.2, 0.25) is 0 Å². The van der Waals surface area contributed by atoms with Gasteiger partial charge in [0, 0.05) is 16.9 Å². The molecule has 0 spiro atoms. The van der Waals surface area contributed by atoms with Gasteiger partial charge in [0.05, 0.1) is 5.69 Å². The van der Waals surface area contributed by atoms with Gasteiger partial charge in [0.15, 0.2) is 0 Å². The van der Waals surface area contributed by atoms with Crippen molar-refractivity contribution in [2.45, 2.75) is 0 Å². The molecule has 2 amide bonds. The first kappa shape index (κ1) is 14.3. The lowest BCUT2D eigenvalue weighted by Gasteiger charge is -2.17. The number of rotatable bonds is 3. The maximum atomic E-state index is 11.9. The molecule has 0 atom stereocenters. The van der Waals surface area contributed by atoms with E-state index >= 15 is 0 Å². The minimum Gasteiger partial charge on any atom is -0.480 e. The van der Waals surface area contributed by atoms with Crippen LogP contribution in [0.15, 0.2) is 40.9 Å². The third kappa shape index (κ3) is 3.08. The van der Waals surface area contributed by atoms with Crippen molar-refractivity contribution in [1.29, 1.82) is 0 Å². The van der Waals surface area contributed by atoms with Gasteiger partial charge in [0.1, 0.15) is 6.54 Å². The van der Waals surface area contributed by atoms with Crippen molar-refractivity contribution < 1.29 is 14.7 Å². The zero-order chi connectivity index (χ0) is 14.7. The Balaban J connectivity index is 2.28. The van der Waals surface area contributed by atoms with Gasteiger partial charge >= 0.3 is 12.0 Å². The maximum absolute atomic E-state index is 11.9. The number of nitrogens with zero attached hydrogens (tertiary/aromatic N) is 1. The number of urea groups is 1. The minimum atomic E-state index is -1.05. The molecule has 0 saturated carbocycles. The molecule has 104 valence electrons. The number of likely N-dealkylation sites (N-methyl/N-ethyl adjacent to an activating group) is 1. The number of carbonyl (C=O) groups is 2. The average Bonchev–Trinajstić information content (AvgIpc) is 2.41. The Morgan fingerprint density at radius 1 is 1.20 bits per heavy atom. The topological polar surface area (TPSA) is 69.6 Å². The van der Waals surface area contributed by atoms with Gasteiger partial charge in [-0.1, -0.05) is 40.2 Å². The molecule has 0 unspecified atom stereocenters. The average molecular weight is 337 g/mol. The number of nitrogens with one attached hydrogen (secondary N) is 1. The largest absolute Gasteiger partial charge is 0.480 e. The first-order valence-corrected chi connectivity index (χ1v) is 6.69. The standard InChI is InChI=1S/C14H13BrN2O3/c1-17(8-13(18)19)14(20)16-12-7-6-11(15)9-4-2-3-5-10(9)12/h2-7H,8H2,1H3,(H,16,20)(H,18,19). The van der Waals surface area contributed by atoms with E-state index in [-0.39, 0.29) is 6.54 Å². The fraction of sp³-hybridized carbons (Fsp3) is 0.143. The molecule has 0 heterocycles. The normalized spacial score (nSPS) is 10.3. The second-order valence-electron chi connectivity index (χ2n) is 4.32. The minimum absolute atomic E-state index is 0.347. The lowest BCUT2D eigenvalue weighted by molar-refractivity contribution is -0.137. The highest BCUT2D eigenvalue weighted by atomic mass is 79.9. The molecule has 2 N–H and O–H groups in total. The van der Waals surface area contributed by atoms with E-state index in [1.54, 1.807) is 6.07 Å². The molecule has 5 nitrogen and oxygen atoms in total. The fourth-order valence-electron chi connectivity index (χ4n) is 1.86. The van der Waals surface area contributed by atoms with Crippen LogP contribution in [0.3, 0.4) is 0 Å². The Hall–Kier alpha value is -2.08. The molecule has 0 aromatic heterocycles. The second kappa shape index (κ2) is 5.92. The van der Waals surface area contributed by atoms with Gasteiger partial charge in [-0.25, -0.2) is 4.79 Å². The van der Waals surface area contributed by atoms with Crippen LogP contribution in [0.1, 0.15) is 0 Å². The van der Waals surface area contributed by atoms with E-state index in [1.165, 1.54) is 7.05 Å². The summed E-state index contributed by atoms with van der Waals surface area (Å²) in [5.74, 6) is -1.05. The van der Waals surface area contributed by atoms with Gasteiger partial charge in [-0.3, -0.25) is 4.79 Å². The molecule has 0 aliphatic heterocycles. The summed E-state index contributed by atoms with van der Waals surface area (Å²) in [6.07, 6.45) is 0. The predicted octanol–water partition coefficient (Wildman–Crippen LogP) is 3.15. The smallest absolute Gasteiger partial charge is 0.323 e. The van der Waals surface area contributed by atoms with Gasteiger partial charge in [0.2, 0.25) is 0 Å². The molecule has 0 bridgehead atoms. The highest BCUT2D eigenvalue weighted by Crippen LogP contribution is 2.29. The number of fused-ring (bicyclic) bond motifs is 1. The zero-order valence-electron chi connectivity index (χ0n) is 10.8. The fourth-order valence-corrected chi connectivity index (χ4v) is 2.33. The van der Waals surface area contributed by atoms with Crippen molar-refractivity contribution in [3.8, 4) is 0 Å². The van der Waals surface area contributed by atoms with Crippen molar-refractivity contribution in [1.82, 2.24) is 4.90 Å². The van der Waals surface area contributed by atoms with Gasteiger partial charge in [-0.05, 0) is 17.5 Å². The van der Waals surface area contributed by atoms with Crippen LogP contribution >= 0.6 is 15.9 Å². The lowest BCUT2D eigenvalue weighted by Crippen LogP contribution is -2.35. The summed E-state index contributed by atoms with van der Waals surface area (Å²) in [6.45, 7) is -0.347. The van der Waals surface area contributed by atoms with E-state index < -0.39 is 12.0 Å². The Labute approximate surface area is 124 Å². The monoisotopic (exact) mass is 336 g/mol. The van der Waals surface area contributed by atoms with Crippen molar-refractivity contribution in [2.75, 3.05) is 18.9 Å². The summed E-state index contributed by atoms with van der Waals surface area (Å²) in [6, 6.07) is 10.8. The molecule has 2 aromatic carbocycles. The third-order valence-electron chi connectivity index (χ3n) is 2.83. The summed E-state index contributed by atoms with van der Waals surface area (Å²) in [7, 11) is 1.44. The van der Waals surface area contributed by atoms with Crippen molar-refractivity contribution >= 4 is 44.4 Å². The summed E-state index contributed by atoms with van der Waals surface area (Å²) in [5.41, 5.74) is 0.644. The number of carbonyl (C=O) groups excluding carboxylic acids is 1. The number of anilines is 1. The van der Waals surface area contributed by atoms with E-state index in [9.17, 15) is 9.59 Å². The Morgan fingerprint density at radius 2 is 1.85 bits per heavy atom. The van der Waals surface area contributed by atoms with Crippen LogP contribution in [-0.4, -0.2) is 35.6 Å². The highest BCUT2D eigenvalue weighted by Gasteiger charge is 2.13. The molecule has 0 aliphatic rings. The summed E-state index contributed by atoms with van der Waals surface area (Å²) in [5, 5.41) is 13.3. The molecule has 0 fully saturated rings. The molecule has 2 aromatic rings. The summed E-state index contributed by atoms with van der Waals surface area (Å²) < 4.78 is 0.935. The number of aliphatic carboxylic acids is 1. The maximum Gasteiger partial charge on any atom is 0.323 e. The molecule has 0 aliphatic carbocycles. The SMILES string of the molecule is CN(CC(=O)O)C(=O)Nc1ccc(Br)c2ccccc12. The summed E-state index contributed by atoms with van der Waals surface area (Å²) >= 11 is 3.46. The Bertz CT molecular complexity index is 673. The molecule has 6 heteroatoms. The highest BCUT2D eigenvalue weighted by molar-refractivity contribution is 9.10. The lowest BCUT2D eigenvalue weighted by atomic mass is 10.1. The Kier molecular flexibility index (Phi) is 4.24.